The molecule has 1 fully saturated rings. The van der Waals surface area contributed by atoms with Gasteiger partial charge in [0.05, 0.1) is 12.5 Å². The number of rotatable bonds is 6. The number of carbonyl (C=O) groups is 1. The Morgan fingerprint density at radius 3 is 2.50 bits per heavy atom. The number of hydrogen-bond acceptors (Lipinski definition) is 3. The van der Waals surface area contributed by atoms with Crippen molar-refractivity contribution >= 4 is 18.3 Å². The Labute approximate surface area is 139 Å². The molecule has 0 aromatic heterocycles. The van der Waals surface area contributed by atoms with Crippen LogP contribution in [-0.2, 0) is 16.0 Å². The van der Waals surface area contributed by atoms with Gasteiger partial charge in [-0.2, -0.15) is 0 Å². The topological polar surface area (TPSA) is 55.6 Å². The first kappa shape index (κ1) is 18.9. The number of nitrogens with zero attached hydrogens (tertiary/aromatic N) is 1. The van der Waals surface area contributed by atoms with Gasteiger partial charge >= 0.3 is 0 Å². The number of nitrogens with two attached hydrogens (primary N) is 1. The SMILES string of the molecule is COC(CN)CC(=O)N1CCC(Cc2ccccc2)CC1.Cl. The maximum Gasteiger partial charge on any atom is 0.225 e. The molecule has 5 heteroatoms. The van der Waals surface area contributed by atoms with Crippen molar-refractivity contribution in [3.8, 4) is 0 Å². The Balaban J connectivity index is 0.00000242. The quantitative estimate of drug-likeness (QED) is 0.872. The van der Waals surface area contributed by atoms with Gasteiger partial charge in [0, 0.05) is 26.7 Å². The lowest BCUT2D eigenvalue weighted by Crippen LogP contribution is -2.41. The summed E-state index contributed by atoms with van der Waals surface area (Å²) in [5, 5.41) is 0. The van der Waals surface area contributed by atoms with Crippen molar-refractivity contribution in [1.82, 2.24) is 4.90 Å². The van der Waals surface area contributed by atoms with E-state index in [9.17, 15) is 4.79 Å². The maximum absolute atomic E-state index is 12.2. The van der Waals surface area contributed by atoms with Crippen LogP contribution in [0.1, 0.15) is 24.8 Å². The van der Waals surface area contributed by atoms with E-state index in [0.717, 1.165) is 32.4 Å². The Morgan fingerprint density at radius 1 is 1.32 bits per heavy atom. The Kier molecular flexibility index (Phi) is 8.46. The first-order valence-electron chi connectivity index (χ1n) is 7.77. The molecule has 1 heterocycles. The van der Waals surface area contributed by atoms with Gasteiger partial charge in [-0.15, -0.1) is 12.4 Å². The lowest BCUT2D eigenvalue weighted by Gasteiger charge is -2.32. The summed E-state index contributed by atoms with van der Waals surface area (Å²) in [7, 11) is 1.61. The van der Waals surface area contributed by atoms with Gasteiger partial charge in [0.1, 0.15) is 0 Å². The second-order valence-corrected chi connectivity index (χ2v) is 5.81. The summed E-state index contributed by atoms with van der Waals surface area (Å²) in [6.07, 6.45) is 3.53. The number of piperidine rings is 1. The lowest BCUT2D eigenvalue weighted by atomic mass is 9.90. The van der Waals surface area contributed by atoms with Gasteiger partial charge in [0.15, 0.2) is 0 Å². The third-order valence-electron chi connectivity index (χ3n) is 4.33. The van der Waals surface area contributed by atoms with E-state index in [1.165, 1.54) is 5.56 Å². The molecule has 1 amide bonds. The lowest BCUT2D eigenvalue weighted by molar-refractivity contribution is -0.135. The molecule has 1 atom stereocenters. The molecule has 1 aliphatic heterocycles. The van der Waals surface area contributed by atoms with Crippen LogP contribution in [0.5, 0.6) is 0 Å². The number of benzene rings is 1. The number of carbonyl (C=O) groups excluding carboxylic acids is 1. The number of amides is 1. The standard InChI is InChI=1S/C17H26N2O2.ClH/c1-21-16(13-18)12-17(20)19-9-7-15(8-10-19)11-14-5-3-2-4-6-14;/h2-6,15-16H,7-13,18H2,1H3;1H. The summed E-state index contributed by atoms with van der Waals surface area (Å²) in [5.74, 6) is 0.856. The summed E-state index contributed by atoms with van der Waals surface area (Å²) in [6.45, 7) is 2.11. The van der Waals surface area contributed by atoms with E-state index in [2.05, 4.69) is 30.3 Å². The number of hydrogen-bond donors (Lipinski definition) is 1. The highest BCUT2D eigenvalue weighted by atomic mass is 35.5. The van der Waals surface area contributed by atoms with Crippen LogP contribution in [0.25, 0.3) is 0 Å². The molecule has 2 N–H and O–H groups in total. The van der Waals surface area contributed by atoms with Gasteiger partial charge in [-0.3, -0.25) is 4.79 Å². The zero-order valence-electron chi connectivity index (χ0n) is 13.2. The zero-order valence-corrected chi connectivity index (χ0v) is 14.1. The van der Waals surface area contributed by atoms with Crippen LogP contribution < -0.4 is 5.73 Å². The molecule has 0 bridgehead atoms. The van der Waals surface area contributed by atoms with Crippen LogP contribution in [-0.4, -0.2) is 43.7 Å². The van der Waals surface area contributed by atoms with Crippen molar-refractivity contribution in [3.05, 3.63) is 35.9 Å². The van der Waals surface area contributed by atoms with E-state index in [4.69, 9.17) is 10.5 Å². The van der Waals surface area contributed by atoms with Gasteiger partial charge in [0.25, 0.3) is 0 Å². The van der Waals surface area contributed by atoms with Crippen molar-refractivity contribution in [2.45, 2.75) is 31.8 Å². The smallest absolute Gasteiger partial charge is 0.225 e. The van der Waals surface area contributed by atoms with Crippen LogP contribution in [0.3, 0.4) is 0 Å². The molecule has 1 aromatic carbocycles. The van der Waals surface area contributed by atoms with Crippen LogP contribution >= 0.6 is 12.4 Å². The van der Waals surface area contributed by atoms with Crippen LogP contribution in [0.15, 0.2) is 30.3 Å². The van der Waals surface area contributed by atoms with E-state index in [1.54, 1.807) is 7.11 Å². The van der Waals surface area contributed by atoms with Crippen molar-refractivity contribution in [3.63, 3.8) is 0 Å². The van der Waals surface area contributed by atoms with Crippen molar-refractivity contribution in [2.75, 3.05) is 26.7 Å². The molecule has 22 heavy (non-hydrogen) atoms. The van der Waals surface area contributed by atoms with Crippen LogP contribution in [0, 0.1) is 5.92 Å². The highest BCUT2D eigenvalue weighted by Gasteiger charge is 2.24. The Bertz CT molecular complexity index is 430. The minimum absolute atomic E-state index is 0. The third-order valence-corrected chi connectivity index (χ3v) is 4.33. The molecular weight excluding hydrogens is 300 g/mol. The summed E-state index contributed by atoms with van der Waals surface area (Å²) < 4.78 is 5.19. The molecule has 4 nitrogen and oxygen atoms in total. The molecule has 1 unspecified atom stereocenters. The molecule has 0 saturated carbocycles. The highest BCUT2D eigenvalue weighted by molar-refractivity contribution is 5.85. The molecule has 1 aliphatic rings. The maximum atomic E-state index is 12.2. The first-order valence-corrected chi connectivity index (χ1v) is 7.77. The number of methoxy groups -OCH3 is 1. The second kappa shape index (κ2) is 9.82. The van der Waals surface area contributed by atoms with Crippen molar-refractivity contribution < 1.29 is 9.53 Å². The fraction of sp³-hybridized carbons (Fsp3) is 0.588. The zero-order chi connectivity index (χ0) is 15.1. The van der Waals surface area contributed by atoms with E-state index < -0.39 is 0 Å². The number of likely N-dealkylation sites (tertiary alicyclic amines) is 1. The number of ether oxygens (including phenoxy) is 1. The monoisotopic (exact) mass is 326 g/mol. The molecule has 0 radical (unpaired) electrons. The van der Waals surface area contributed by atoms with E-state index >= 15 is 0 Å². The van der Waals surface area contributed by atoms with Crippen LogP contribution in [0.2, 0.25) is 0 Å². The van der Waals surface area contributed by atoms with Gasteiger partial charge in [-0.25, -0.2) is 0 Å². The Morgan fingerprint density at radius 2 is 1.95 bits per heavy atom. The molecule has 0 spiro atoms. The highest BCUT2D eigenvalue weighted by Crippen LogP contribution is 2.22. The minimum Gasteiger partial charge on any atom is -0.380 e. The average Bonchev–Trinajstić information content (AvgIpc) is 2.54. The largest absolute Gasteiger partial charge is 0.380 e. The minimum atomic E-state index is -0.153. The molecule has 1 aromatic rings. The van der Waals surface area contributed by atoms with Gasteiger partial charge in [0.2, 0.25) is 5.91 Å². The second-order valence-electron chi connectivity index (χ2n) is 5.81. The first-order chi connectivity index (χ1) is 10.2. The predicted octanol–water partition coefficient (Wildman–Crippen LogP) is 2.25. The van der Waals surface area contributed by atoms with E-state index in [-0.39, 0.29) is 24.4 Å². The third kappa shape index (κ3) is 5.59. The van der Waals surface area contributed by atoms with Gasteiger partial charge < -0.3 is 15.4 Å². The summed E-state index contributed by atoms with van der Waals surface area (Å²) >= 11 is 0. The van der Waals surface area contributed by atoms with E-state index in [1.807, 2.05) is 4.90 Å². The summed E-state index contributed by atoms with van der Waals surface area (Å²) in [5.41, 5.74) is 6.97. The van der Waals surface area contributed by atoms with Crippen LogP contribution in [0.4, 0.5) is 0 Å². The summed E-state index contributed by atoms with van der Waals surface area (Å²) in [6, 6.07) is 10.6. The van der Waals surface area contributed by atoms with E-state index in [0.29, 0.717) is 18.9 Å². The fourth-order valence-electron chi connectivity index (χ4n) is 2.92. The average molecular weight is 327 g/mol. The normalized spacial score (nSPS) is 16.9. The number of halogens is 1. The Hall–Kier alpha value is -1.10. The summed E-state index contributed by atoms with van der Waals surface area (Å²) in [4.78, 5) is 14.1. The molecule has 0 aliphatic carbocycles. The van der Waals surface area contributed by atoms with Gasteiger partial charge in [-0.05, 0) is 30.7 Å². The molecule has 124 valence electrons. The van der Waals surface area contributed by atoms with Gasteiger partial charge in [-0.1, -0.05) is 30.3 Å². The predicted molar refractivity (Wildman–Crippen MR) is 91.2 cm³/mol. The van der Waals surface area contributed by atoms with Crippen molar-refractivity contribution in [1.29, 1.82) is 0 Å². The molecular formula is C17H27ClN2O2. The molecule has 1 saturated heterocycles. The fourth-order valence-corrected chi connectivity index (χ4v) is 2.92. The van der Waals surface area contributed by atoms with Crippen molar-refractivity contribution in [2.24, 2.45) is 11.7 Å². The molecule has 2 rings (SSSR count).